The van der Waals surface area contributed by atoms with Crippen molar-refractivity contribution in [2.45, 2.75) is 31.4 Å². The molecule has 2 rings (SSSR count). The number of nitrogens with two attached hydrogens (primary N) is 1. The number of rotatable bonds is 3. The Kier molecular flexibility index (Phi) is 4.36. The molecule has 0 radical (unpaired) electrons. The van der Waals surface area contributed by atoms with Gasteiger partial charge in [-0.05, 0) is 19.3 Å². The topological polar surface area (TPSA) is 58.8 Å². The summed E-state index contributed by atoms with van der Waals surface area (Å²) in [7, 11) is 1.71. The number of carbonyl (C=O) groups is 1. The van der Waals surface area contributed by atoms with Crippen LogP contribution >= 0.6 is 0 Å². The van der Waals surface area contributed by atoms with Gasteiger partial charge in [0.25, 0.3) is 0 Å². The highest BCUT2D eigenvalue weighted by Crippen LogP contribution is 2.13. The molecular weight excluding hydrogens is 218 g/mol. The molecule has 2 aliphatic heterocycles. The number of methoxy groups -OCH3 is 1. The molecule has 0 aromatic rings. The third-order valence-corrected chi connectivity index (χ3v) is 3.82. The summed E-state index contributed by atoms with van der Waals surface area (Å²) >= 11 is 0. The minimum absolute atomic E-state index is 0.230. The van der Waals surface area contributed by atoms with E-state index in [0.717, 1.165) is 45.4 Å². The van der Waals surface area contributed by atoms with Crippen LogP contribution in [0.5, 0.6) is 0 Å². The van der Waals surface area contributed by atoms with Crippen LogP contribution in [0.3, 0.4) is 0 Å². The molecule has 2 N–H and O–H groups in total. The zero-order valence-electron chi connectivity index (χ0n) is 10.6. The lowest BCUT2D eigenvalue weighted by Gasteiger charge is -2.30. The minimum Gasteiger partial charge on any atom is -0.380 e. The molecule has 2 aliphatic rings. The van der Waals surface area contributed by atoms with Crippen LogP contribution < -0.4 is 5.73 Å². The first-order valence-electron chi connectivity index (χ1n) is 6.47. The van der Waals surface area contributed by atoms with Crippen LogP contribution in [-0.2, 0) is 9.53 Å². The maximum absolute atomic E-state index is 12.1. The second kappa shape index (κ2) is 5.80. The average Bonchev–Trinajstić information content (AvgIpc) is 2.81. The Morgan fingerprint density at radius 1 is 1.29 bits per heavy atom. The Morgan fingerprint density at radius 3 is 2.59 bits per heavy atom. The molecule has 0 bridgehead atoms. The Hall–Kier alpha value is -0.650. The van der Waals surface area contributed by atoms with Crippen LogP contribution in [0.25, 0.3) is 0 Å². The summed E-state index contributed by atoms with van der Waals surface area (Å²) in [6.07, 6.45) is 3.21. The summed E-state index contributed by atoms with van der Waals surface area (Å²) in [4.78, 5) is 16.2. The van der Waals surface area contributed by atoms with Gasteiger partial charge in [-0.1, -0.05) is 0 Å². The Morgan fingerprint density at radius 2 is 2.00 bits per heavy atom. The quantitative estimate of drug-likeness (QED) is 0.734. The van der Waals surface area contributed by atoms with Gasteiger partial charge >= 0.3 is 0 Å². The van der Waals surface area contributed by atoms with E-state index in [1.807, 2.05) is 4.90 Å². The molecule has 5 nitrogen and oxygen atoms in total. The van der Waals surface area contributed by atoms with Gasteiger partial charge in [0.2, 0.25) is 5.91 Å². The van der Waals surface area contributed by atoms with E-state index in [-0.39, 0.29) is 12.0 Å². The van der Waals surface area contributed by atoms with Crippen molar-refractivity contribution in [1.29, 1.82) is 0 Å². The summed E-state index contributed by atoms with van der Waals surface area (Å²) in [6, 6.07) is 0.325. The summed E-state index contributed by atoms with van der Waals surface area (Å²) in [5.74, 6) is 0.236. The number of ether oxygens (including phenoxy) is 1. The van der Waals surface area contributed by atoms with Crippen molar-refractivity contribution in [2.24, 2.45) is 5.73 Å². The summed E-state index contributed by atoms with van der Waals surface area (Å²) in [5, 5.41) is 0. The fraction of sp³-hybridized carbons (Fsp3) is 0.917. The third kappa shape index (κ3) is 3.40. The van der Waals surface area contributed by atoms with E-state index in [4.69, 9.17) is 10.5 Å². The normalized spacial score (nSPS) is 27.6. The Bertz CT molecular complexity index is 264. The molecule has 17 heavy (non-hydrogen) atoms. The fourth-order valence-corrected chi connectivity index (χ4v) is 2.55. The number of nitrogens with zero attached hydrogens (tertiary/aromatic N) is 2. The lowest BCUT2D eigenvalue weighted by atomic mass is 10.1. The molecule has 1 atom stereocenters. The molecule has 2 fully saturated rings. The predicted molar refractivity (Wildman–Crippen MR) is 65.6 cm³/mol. The van der Waals surface area contributed by atoms with Gasteiger partial charge in [0.15, 0.2) is 0 Å². The monoisotopic (exact) mass is 241 g/mol. The highest BCUT2D eigenvalue weighted by Gasteiger charge is 2.27. The minimum atomic E-state index is 0.230. The smallest absolute Gasteiger partial charge is 0.236 e. The van der Waals surface area contributed by atoms with E-state index < -0.39 is 0 Å². The summed E-state index contributed by atoms with van der Waals surface area (Å²) in [5.41, 5.74) is 5.85. The highest BCUT2D eigenvalue weighted by atomic mass is 16.5. The van der Waals surface area contributed by atoms with Crippen molar-refractivity contribution in [1.82, 2.24) is 9.80 Å². The van der Waals surface area contributed by atoms with Gasteiger partial charge in [0, 0.05) is 39.3 Å². The SMILES string of the molecule is COC1CCN(C(=O)CN2CCC(N)CC2)C1. The number of piperidine rings is 1. The zero-order chi connectivity index (χ0) is 12.3. The number of hydrogen-bond donors (Lipinski definition) is 1. The molecule has 1 amide bonds. The van der Waals surface area contributed by atoms with Gasteiger partial charge in [0.05, 0.1) is 12.6 Å². The van der Waals surface area contributed by atoms with Crippen LogP contribution in [0.2, 0.25) is 0 Å². The molecule has 98 valence electrons. The molecule has 2 saturated heterocycles. The molecule has 0 aliphatic carbocycles. The standard InChI is InChI=1S/C12H23N3O2/c1-17-11-4-7-15(8-11)12(16)9-14-5-2-10(13)3-6-14/h10-11H,2-9,13H2,1H3. The van der Waals surface area contributed by atoms with E-state index in [1.165, 1.54) is 0 Å². The highest BCUT2D eigenvalue weighted by molar-refractivity contribution is 5.78. The summed E-state index contributed by atoms with van der Waals surface area (Å²) < 4.78 is 5.27. The van der Waals surface area contributed by atoms with Crippen molar-refractivity contribution in [3.8, 4) is 0 Å². The molecule has 2 heterocycles. The summed E-state index contributed by atoms with van der Waals surface area (Å²) in [6.45, 7) is 4.04. The molecule has 5 heteroatoms. The van der Waals surface area contributed by atoms with E-state index in [1.54, 1.807) is 7.11 Å². The molecule has 0 aromatic heterocycles. The van der Waals surface area contributed by atoms with Crippen molar-refractivity contribution in [3.05, 3.63) is 0 Å². The van der Waals surface area contributed by atoms with Crippen molar-refractivity contribution < 1.29 is 9.53 Å². The number of likely N-dealkylation sites (tertiary alicyclic amines) is 2. The first kappa shape index (κ1) is 12.8. The fourth-order valence-electron chi connectivity index (χ4n) is 2.55. The first-order chi connectivity index (χ1) is 8.19. The van der Waals surface area contributed by atoms with Crippen LogP contribution in [0, 0.1) is 0 Å². The van der Waals surface area contributed by atoms with Gasteiger partial charge in [-0.25, -0.2) is 0 Å². The lowest BCUT2D eigenvalue weighted by molar-refractivity contribution is -0.132. The molecule has 0 saturated carbocycles. The van der Waals surface area contributed by atoms with Gasteiger partial charge in [-0.3, -0.25) is 9.69 Å². The molecule has 0 aromatic carbocycles. The number of amides is 1. The zero-order valence-corrected chi connectivity index (χ0v) is 10.6. The van der Waals surface area contributed by atoms with E-state index in [0.29, 0.717) is 12.6 Å². The number of hydrogen-bond acceptors (Lipinski definition) is 4. The van der Waals surface area contributed by atoms with Crippen molar-refractivity contribution in [2.75, 3.05) is 39.8 Å². The van der Waals surface area contributed by atoms with Crippen molar-refractivity contribution >= 4 is 5.91 Å². The third-order valence-electron chi connectivity index (χ3n) is 3.82. The van der Waals surface area contributed by atoms with Crippen LogP contribution in [0.15, 0.2) is 0 Å². The van der Waals surface area contributed by atoms with Gasteiger partial charge in [0.1, 0.15) is 0 Å². The largest absolute Gasteiger partial charge is 0.380 e. The van der Waals surface area contributed by atoms with E-state index in [9.17, 15) is 4.79 Å². The Labute approximate surface area is 103 Å². The average molecular weight is 241 g/mol. The number of carbonyl (C=O) groups excluding carboxylic acids is 1. The second-order valence-corrected chi connectivity index (χ2v) is 5.10. The maximum Gasteiger partial charge on any atom is 0.236 e. The van der Waals surface area contributed by atoms with Crippen molar-refractivity contribution in [3.63, 3.8) is 0 Å². The lowest BCUT2D eigenvalue weighted by Crippen LogP contribution is -2.45. The van der Waals surface area contributed by atoms with E-state index >= 15 is 0 Å². The molecule has 1 unspecified atom stereocenters. The maximum atomic E-state index is 12.1. The molecular formula is C12H23N3O2. The van der Waals surface area contributed by atoms with Gasteiger partial charge in [-0.2, -0.15) is 0 Å². The van der Waals surface area contributed by atoms with Crippen LogP contribution in [-0.4, -0.2) is 67.7 Å². The second-order valence-electron chi connectivity index (χ2n) is 5.10. The Balaban J connectivity index is 1.74. The van der Waals surface area contributed by atoms with Gasteiger partial charge in [-0.15, -0.1) is 0 Å². The van der Waals surface area contributed by atoms with Crippen LogP contribution in [0.4, 0.5) is 0 Å². The van der Waals surface area contributed by atoms with Gasteiger partial charge < -0.3 is 15.4 Å². The predicted octanol–water partition coefficient (Wildman–Crippen LogP) is -0.343. The first-order valence-corrected chi connectivity index (χ1v) is 6.47. The molecule has 0 spiro atoms. The van der Waals surface area contributed by atoms with Crippen LogP contribution in [0.1, 0.15) is 19.3 Å². The van der Waals surface area contributed by atoms with E-state index in [2.05, 4.69) is 4.90 Å².